The van der Waals surface area contributed by atoms with Crippen molar-refractivity contribution >= 4 is 17.5 Å². The van der Waals surface area contributed by atoms with Gasteiger partial charge < -0.3 is 19.9 Å². The van der Waals surface area contributed by atoms with Gasteiger partial charge in [0.2, 0.25) is 0 Å². The Morgan fingerprint density at radius 2 is 2.19 bits per heavy atom. The van der Waals surface area contributed by atoms with Crippen molar-refractivity contribution < 1.29 is 19.4 Å². The topological polar surface area (TPSA) is 67.8 Å². The SMILES string of the molecule is Cc1cc(OCC(=O)NC2(CO)CCOCC2)ccc1Cl. The molecular weight excluding hydrogens is 294 g/mol. The fourth-order valence-electron chi connectivity index (χ4n) is 2.27. The van der Waals surface area contributed by atoms with Crippen LogP contribution < -0.4 is 10.1 Å². The number of halogens is 1. The monoisotopic (exact) mass is 313 g/mol. The first kappa shape index (κ1) is 16.1. The number of aliphatic hydroxyl groups is 1. The van der Waals surface area contributed by atoms with E-state index in [2.05, 4.69) is 5.32 Å². The highest BCUT2D eigenvalue weighted by molar-refractivity contribution is 6.31. The number of carbonyl (C=O) groups excluding carboxylic acids is 1. The Kier molecular flexibility index (Phi) is 5.45. The molecule has 0 atom stereocenters. The summed E-state index contributed by atoms with van der Waals surface area (Å²) in [5.41, 5.74) is 0.306. The van der Waals surface area contributed by atoms with Crippen LogP contribution in [0.15, 0.2) is 18.2 Å². The maximum Gasteiger partial charge on any atom is 0.258 e. The van der Waals surface area contributed by atoms with E-state index < -0.39 is 5.54 Å². The van der Waals surface area contributed by atoms with Crippen LogP contribution in [-0.4, -0.2) is 43.0 Å². The summed E-state index contributed by atoms with van der Waals surface area (Å²) in [6, 6.07) is 5.24. The van der Waals surface area contributed by atoms with Gasteiger partial charge in [-0.05, 0) is 43.5 Å². The molecule has 21 heavy (non-hydrogen) atoms. The maximum absolute atomic E-state index is 12.0. The number of ether oxygens (including phenoxy) is 2. The molecule has 0 spiro atoms. The van der Waals surface area contributed by atoms with E-state index in [0.29, 0.717) is 36.8 Å². The molecule has 0 aromatic heterocycles. The number of carbonyl (C=O) groups is 1. The average molecular weight is 314 g/mol. The molecule has 1 aliphatic heterocycles. The van der Waals surface area contributed by atoms with Crippen LogP contribution in [0.25, 0.3) is 0 Å². The lowest BCUT2D eigenvalue weighted by Gasteiger charge is -2.36. The zero-order valence-corrected chi connectivity index (χ0v) is 12.8. The number of benzene rings is 1. The van der Waals surface area contributed by atoms with E-state index >= 15 is 0 Å². The van der Waals surface area contributed by atoms with Gasteiger partial charge in [0.1, 0.15) is 5.75 Å². The van der Waals surface area contributed by atoms with Gasteiger partial charge in [-0.1, -0.05) is 11.6 Å². The molecule has 5 nitrogen and oxygen atoms in total. The van der Waals surface area contributed by atoms with E-state index in [0.717, 1.165) is 5.56 Å². The highest BCUT2D eigenvalue weighted by atomic mass is 35.5. The Balaban J connectivity index is 1.87. The molecule has 2 rings (SSSR count). The van der Waals surface area contributed by atoms with Crippen molar-refractivity contribution in [3.05, 3.63) is 28.8 Å². The molecule has 2 N–H and O–H groups in total. The minimum Gasteiger partial charge on any atom is -0.484 e. The van der Waals surface area contributed by atoms with E-state index in [1.54, 1.807) is 18.2 Å². The Morgan fingerprint density at radius 3 is 2.81 bits per heavy atom. The zero-order chi connectivity index (χ0) is 15.3. The second kappa shape index (κ2) is 7.11. The predicted molar refractivity (Wildman–Crippen MR) is 79.7 cm³/mol. The average Bonchev–Trinajstić information content (AvgIpc) is 2.49. The lowest BCUT2D eigenvalue weighted by Crippen LogP contribution is -2.55. The zero-order valence-electron chi connectivity index (χ0n) is 12.0. The summed E-state index contributed by atoms with van der Waals surface area (Å²) in [6.07, 6.45) is 1.21. The second-order valence-corrected chi connectivity index (χ2v) is 5.71. The van der Waals surface area contributed by atoms with Gasteiger partial charge in [0.15, 0.2) is 6.61 Å². The molecule has 1 aromatic rings. The first-order valence-corrected chi connectivity index (χ1v) is 7.31. The summed E-state index contributed by atoms with van der Waals surface area (Å²) in [5.74, 6) is 0.343. The van der Waals surface area contributed by atoms with Gasteiger partial charge in [-0.15, -0.1) is 0 Å². The minimum atomic E-state index is -0.589. The summed E-state index contributed by atoms with van der Waals surface area (Å²) >= 11 is 5.93. The van der Waals surface area contributed by atoms with Crippen LogP contribution in [0, 0.1) is 6.92 Å². The standard InChI is InChI=1S/C15H20ClNO4/c1-11-8-12(2-3-13(11)16)21-9-14(19)17-15(10-18)4-6-20-7-5-15/h2-3,8,18H,4-7,9-10H2,1H3,(H,17,19). The van der Waals surface area contributed by atoms with E-state index in [-0.39, 0.29) is 19.1 Å². The Morgan fingerprint density at radius 1 is 1.48 bits per heavy atom. The largest absolute Gasteiger partial charge is 0.484 e. The number of aliphatic hydroxyl groups excluding tert-OH is 1. The third kappa shape index (κ3) is 4.33. The number of hydrogen-bond donors (Lipinski definition) is 2. The van der Waals surface area contributed by atoms with Crippen LogP contribution in [0.3, 0.4) is 0 Å². The second-order valence-electron chi connectivity index (χ2n) is 5.30. The summed E-state index contributed by atoms with van der Waals surface area (Å²) in [5, 5.41) is 13.0. The van der Waals surface area contributed by atoms with E-state index in [9.17, 15) is 9.90 Å². The van der Waals surface area contributed by atoms with Crippen molar-refractivity contribution in [2.75, 3.05) is 26.4 Å². The number of nitrogens with one attached hydrogen (secondary N) is 1. The van der Waals surface area contributed by atoms with Gasteiger partial charge in [-0.3, -0.25) is 4.79 Å². The summed E-state index contributed by atoms with van der Waals surface area (Å²) in [4.78, 5) is 12.0. The van der Waals surface area contributed by atoms with Crippen molar-refractivity contribution in [1.82, 2.24) is 5.32 Å². The Hall–Kier alpha value is -1.30. The highest BCUT2D eigenvalue weighted by Crippen LogP contribution is 2.22. The summed E-state index contributed by atoms with van der Waals surface area (Å²) in [7, 11) is 0. The van der Waals surface area contributed by atoms with Crippen molar-refractivity contribution in [2.24, 2.45) is 0 Å². The molecular formula is C15H20ClNO4. The molecule has 1 aliphatic rings. The minimum absolute atomic E-state index is 0.0936. The van der Waals surface area contributed by atoms with Crippen molar-refractivity contribution in [3.8, 4) is 5.75 Å². The van der Waals surface area contributed by atoms with Crippen LogP contribution in [-0.2, 0) is 9.53 Å². The molecule has 0 aliphatic carbocycles. The molecule has 1 heterocycles. The van der Waals surface area contributed by atoms with Crippen molar-refractivity contribution in [3.63, 3.8) is 0 Å². The van der Waals surface area contributed by atoms with E-state index in [1.807, 2.05) is 6.92 Å². The number of aryl methyl sites for hydroxylation is 1. The van der Waals surface area contributed by atoms with E-state index in [4.69, 9.17) is 21.1 Å². The van der Waals surface area contributed by atoms with Crippen LogP contribution in [0.2, 0.25) is 5.02 Å². The van der Waals surface area contributed by atoms with Crippen molar-refractivity contribution in [1.29, 1.82) is 0 Å². The van der Waals surface area contributed by atoms with Crippen LogP contribution >= 0.6 is 11.6 Å². The molecule has 1 amide bonds. The molecule has 1 fully saturated rings. The summed E-state index contributed by atoms with van der Waals surface area (Å²) < 4.78 is 10.7. The lowest BCUT2D eigenvalue weighted by molar-refractivity contribution is -0.127. The van der Waals surface area contributed by atoms with Crippen LogP contribution in [0.4, 0.5) is 0 Å². The highest BCUT2D eigenvalue weighted by Gasteiger charge is 2.33. The first-order chi connectivity index (χ1) is 10.0. The third-order valence-electron chi connectivity index (χ3n) is 3.66. The molecule has 0 radical (unpaired) electrons. The van der Waals surface area contributed by atoms with Gasteiger partial charge in [0.05, 0.1) is 12.1 Å². The number of amides is 1. The molecule has 0 bridgehead atoms. The fraction of sp³-hybridized carbons (Fsp3) is 0.533. The molecule has 116 valence electrons. The van der Waals surface area contributed by atoms with Crippen LogP contribution in [0.5, 0.6) is 5.75 Å². The molecule has 6 heteroatoms. The fourth-order valence-corrected chi connectivity index (χ4v) is 2.39. The first-order valence-electron chi connectivity index (χ1n) is 6.93. The smallest absolute Gasteiger partial charge is 0.258 e. The van der Waals surface area contributed by atoms with Gasteiger partial charge in [0.25, 0.3) is 5.91 Å². The molecule has 1 aromatic carbocycles. The van der Waals surface area contributed by atoms with Gasteiger partial charge in [0, 0.05) is 18.2 Å². The lowest BCUT2D eigenvalue weighted by atomic mass is 9.91. The number of rotatable bonds is 5. The molecule has 0 unspecified atom stereocenters. The van der Waals surface area contributed by atoms with E-state index in [1.165, 1.54) is 0 Å². The maximum atomic E-state index is 12.0. The third-order valence-corrected chi connectivity index (χ3v) is 4.08. The van der Waals surface area contributed by atoms with Gasteiger partial charge in [-0.2, -0.15) is 0 Å². The number of hydrogen-bond acceptors (Lipinski definition) is 4. The Bertz CT molecular complexity index is 500. The van der Waals surface area contributed by atoms with Gasteiger partial charge in [-0.25, -0.2) is 0 Å². The quantitative estimate of drug-likeness (QED) is 0.868. The molecule has 0 saturated carbocycles. The van der Waals surface area contributed by atoms with Gasteiger partial charge >= 0.3 is 0 Å². The summed E-state index contributed by atoms with van der Waals surface area (Å²) in [6.45, 7) is 2.76. The van der Waals surface area contributed by atoms with Crippen LogP contribution in [0.1, 0.15) is 18.4 Å². The molecule has 1 saturated heterocycles. The Labute approximate surface area is 129 Å². The predicted octanol–water partition coefficient (Wildman–Crippen LogP) is 1.68. The normalized spacial score (nSPS) is 17.3. The van der Waals surface area contributed by atoms with Crippen molar-refractivity contribution in [2.45, 2.75) is 25.3 Å².